The van der Waals surface area contributed by atoms with Crippen LogP contribution in [-0.4, -0.2) is 12.0 Å². The van der Waals surface area contributed by atoms with Gasteiger partial charge in [0.2, 0.25) is 0 Å². The number of hydrogen-bond acceptors (Lipinski definition) is 3. The van der Waals surface area contributed by atoms with Crippen LogP contribution in [0.15, 0.2) is 42.6 Å². The van der Waals surface area contributed by atoms with Crippen LogP contribution in [0.4, 0.5) is 15.9 Å². The van der Waals surface area contributed by atoms with Crippen molar-refractivity contribution in [1.29, 1.82) is 0 Å². The first-order valence-corrected chi connectivity index (χ1v) is 5.79. The van der Waals surface area contributed by atoms with Crippen molar-refractivity contribution in [3.05, 3.63) is 54.0 Å². The average Bonchev–Trinajstić information content (AvgIpc) is 2.39. The molecule has 1 atom stereocenters. The molecule has 1 unspecified atom stereocenters. The summed E-state index contributed by atoms with van der Waals surface area (Å²) < 4.78 is 12.8. The van der Waals surface area contributed by atoms with Crippen LogP contribution in [0.25, 0.3) is 0 Å². The molecule has 0 saturated carbocycles. The van der Waals surface area contributed by atoms with Crippen LogP contribution in [-0.2, 0) is 0 Å². The molecule has 0 spiro atoms. The van der Waals surface area contributed by atoms with Gasteiger partial charge >= 0.3 is 0 Å². The van der Waals surface area contributed by atoms with Crippen molar-refractivity contribution in [3.8, 4) is 0 Å². The van der Waals surface area contributed by atoms with E-state index in [2.05, 4.69) is 4.98 Å². The van der Waals surface area contributed by atoms with Crippen LogP contribution in [0.2, 0.25) is 0 Å². The summed E-state index contributed by atoms with van der Waals surface area (Å²) in [5, 5.41) is 0. The summed E-state index contributed by atoms with van der Waals surface area (Å²) in [4.78, 5) is 6.24. The van der Waals surface area contributed by atoms with Gasteiger partial charge in [0.25, 0.3) is 0 Å². The largest absolute Gasteiger partial charge is 0.329 e. The third-order valence-electron chi connectivity index (χ3n) is 2.85. The predicted octanol–water partition coefficient (Wildman–Crippen LogP) is 3.01. The van der Waals surface area contributed by atoms with Crippen molar-refractivity contribution in [2.45, 2.75) is 13.0 Å². The van der Waals surface area contributed by atoms with E-state index in [0.717, 1.165) is 17.1 Å². The van der Waals surface area contributed by atoms with Gasteiger partial charge < -0.3 is 10.6 Å². The van der Waals surface area contributed by atoms with Crippen molar-refractivity contribution in [3.63, 3.8) is 0 Å². The third kappa shape index (κ3) is 2.65. The van der Waals surface area contributed by atoms with Crippen molar-refractivity contribution in [2.75, 3.05) is 11.9 Å². The number of hydrogen-bond donors (Lipinski definition) is 1. The predicted molar refractivity (Wildman–Crippen MR) is 71.3 cm³/mol. The van der Waals surface area contributed by atoms with E-state index < -0.39 is 0 Å². The van der Waals surface area contributed by atoms with Gasteiger partial charge in [0.1, 0.15) is 11.6 Å². The number of nitrogens with zero attached hydrogens (tertiary/aromatic N) is 2. The Bertz CT molecular complexity index is 506. The summed E-state index contributed by atoms with van der Waals surface area (Å²) >= 11 is 0. The quantitative estimate of drug-likeness (QED) is 0.903. The van der Waals surface area contributed by atoms with Gasteiger partial charge in [-0.2, -0.15) is 0 Å². The van der Waals surface area contributed by atoms with E-state index in [1.165, 1.54) is 12.1 Å². The lowest BCUT2D eigenvalue weighted by molar-refractivity contribution is 0.628. The van der Waals surface area contributed by atoms with E-state index in [9.17, 15) is 4.39 Å². The number of aromatic nitrogens is 1. The van der Waals surface area contributed by atoms with Crippen LogP contribution in [0, 0.1) is 5.82 Å². The molecule has 94 valence electrons. The highest BCUT2D eigenvalue weighted by Gasteiger charge is 2.06. The summed E-state index contributed by atoms with van der Waals surface area (Å²) in [6, 6.07) is 10.1. The molecule has 1 aromatic carbocycles. The molecule has 0 radical (unpaired) electrons. The molecule has 18 heavy (non-hydrogen) atoms. The fourth-order valence-corrected chi connectivity index (χ4v) is 1.66. The van der Waals surface area contributed by atoms with E-state index >= 15 is 0 Å². The third-order valence-corrected chi connectivity index (χ3v) is 2.85. The zero-order valence-electron chi connectivity index (χ0n) is 10.5. The molecule has 0 fully saturated rings. The van der Waals surface area contributed by atoms with Gasteiger partial charge in [0, 0.05) is 25.0 Å². The maximum atomic E-state index is 12.8. The van der Waals surface area contributed by atoms with E-state index in [-0.39, 0.29) is 11.9 Å². The number of halogens is 1. The highest BCUT2D eigenvalue weighted by molar-refractivity contribution is 5.58. The Morgan fingerprint density at radius 1 is 1.17 bits per heavy atom. The Kier molecular flexibility index (Phi) is 3.58. The van der Waals surface area contributed by atoms with Crippen molar-refractivity contribution in [2.24, 2.45) is 5.73 Å². The summed E-state index contributed by atoms with van der Waals surface area (Å²) in [5.41, 5.74) is 7.65. The normalized spacial score (nSPS) is 12.2. The fraction of sp³-hybridized carbons (Fsp3) is 0.214. The first kappa shape index (κ1) is 12.5. The van der Waals surface area contributed by atoms with Crippen LogP contribution >= 0.6 is 0 Å². The molecule has 0 aliphatic carbocycles. The van der Waals surface area contributed by atoms with Crippen molar-refractivity contribution >= 4 is 11.5 Å². The number of rotatable bonds is 3. The van der Waals surface area contributed by atoms with Gasteiger partial charge in [0.05, 0.1) is 0 Å². The molecule has 0 bridgehead atoms. The highest BCUT2D eigenvalue weighted by Crippen LogP contribution is 2.22. The second kappa shape index (κ2) is 5.14. The molecule has 2 aromatic rings. The summed E-state index contributed by atoms with van der Waals surface area (Å²) in [6.07, 6.45) is 1.76. The average molecular weight is 245 g/mol. The maximum absolute atomic E-state index is 12.8. The minimum atomic E-state index is -0.243. The van der Waals surface area contributed by atoms with Crippen molar-refractivity contribution < 1.29 is 4.39 Å². The molecule has 4 heteroatoms. The standard InChI is InChI=1S/C14H16FN3/c1-10(16)11-3-8-14(17-9-11)18(2)13-6-4-12(15)5-7-13/h3-10H,16H2,1-2H3. The second-order valence-electron chi connectivity index (χ2n) is 4.27. The van der Waals surface area contributed by atoms with E-state index in [1.807, 2.05) is 31.0 Å². The Morgan fingerprint density at radius 2 is 1.83 bits per heavy atom. The lowest BCUT2D eigenvalue weighted by Gasteiger charge is -2.18. The SMILES string of the molecule is CC(N)c1ccc(N(C)c2ccc(F)cc2)nc1. The van der Waals surface area contributed by atoms with Gasteiger partial charge in [-0.1, -0.05) is 6.07 Å². The topological polar surface area (TPSA) is 42.1 Å². The second-order valence-corrected chi connectivity index (χ2v) is 4.27. The Morgan fingerprint density at radius 3 is 2.33 bits per heavy atom. The zero-order chi connectivity index (χ0) is 13.1. The molecule has 1 aromatic heterocycles. The number of anilines is 2. The Hall–Kier alpha value is -1.94. The zero-order valence-corrected chi connectivity index (χ0v) is 10.5. The summed E-state index contributed by atoms with van der Waals surface area (Å²) in [7, 11) is 1.89. The van der Waals surface area contributed by atoms with Gasteiger partial charge in [0.15, 0.2) is 0 Å². The fourth-order valence-electron chi connectivity index (χ4n) is 1.66. The molecular weight excluding hydrogens is 229 g/mol. The van der Waals surface area contributed by atoms with Crippen molar-refractivity contribution in [1.82, 2.24) is 4.98 Å². The monoisotopic (exact) mass is 245 g/mol. The molecule has 0 aliphatic rings. The number of nitrogens with two attached hydrogens (primary N) is 1. The molecular formula is C14H16FN3. The van der Waals surface area contributed by atoms with Gasteiger partial charge in [-0.05, 0) is 42.8 Å². The summed E-state index contributed by atoms with van der Waals surface area (Å²) in [5.74, 6) is 0.554. The van der Waals surface area contributed by atoms with Crippen LogP contribution in [0.5, 0.6) is 0 Å². The molecule has 1 heterocycles. The van der Waals surface area contributed by atoms with Gasteiger partial charge in [-0.15, -0.1) is 0 Å². The summed E-state index contributed by atoms with van der Waals surface area (Å²) in [6.45, 7) is 1.92. The molecule has 0 amide bonds. The minimum Gasteiger partial charge on any atom is -0.329 e. The maximum Gasteiger partial charge on any atom is 0.132 e. The van der Waals surface area contributed by atoms with E-state index in [0.29, 0.717) is 0 Å². The Balaban J connectivity index is 2.23. The highest BCUT2D eigenvalue weighted by atomic mass is 19.1. The molecule has 0 saturated heterocycles. The van der Waals surface area contributed by atoms with Gasteiger partial charge in [-0.25, -0.2) is 9.37 Å². The van der Waals surface area contributed by atoms with Crippen LogP contribution < -0.4 is 10.6 Å². The number of pyridine rings is 1. The first-order valence-electron chi connectivity index (χ1n) is 5.79. The van der Waals surface area contributed by atoms with Gasteiger partial charge in [-0.3, -0.25) is 0 Å². The molecule has 0 aliphatic heterocycles. The number of benzene rings is 1. The first-order chi connectivity index (χ1) is 8.58. The van der Waals surface area contributed by atoms with Crippen LogP contribution in [0.3, 0.4) is 0 Å². The molecule has 2 N–H and O–H groups in total. The lowest BCUT2D eigenvalue weighted by Crippen LogP contribution is -2.12. The minimum absolute atomic E-state index is 0.0253. The van der Waals surface area contributed by atoms with Crippen LogP contribution in [0.1, 0.15) is 18.5 Å². The van der Waals surface area contributed by atoms with E-state index in [1.54, 1.807) is 18.3 Å². The Labute approximate surface area is 106 Å². The van der Waals surface area contributed by atoms with E-state index in [4.69, 9.17) is 5.73 Å². The molecule has 2 rings (SSSR count). The molecule has 3 nitrogen and oxygen atoms in total. The lowest BCUT2D eigenvalue weighted by atomic mass is 10.1. The smallest absolute Gasteiger partial charge is 0.132 e.